The molecular formula is C10H19NO4S. The van der Waals surface area contributed by atoms with E-state index in [4.69, 9.17) is 5.11 Å². The monoisotopic (exact) mass is 249 g/mol. The number of nitrogens with zero attached hydrogens (tertiary/aromatic N) is 1. The summed E-state index contributed by atoms with van der Waals surface area (Å²) in [5.74, 6) is -1.11. The number of carboxylic acids is 1. The Morgan fingerprint density at radius 2 is 1.81 bits per heavy atom. The molecule has 0 radical (unpaired) electrons. The van der Waals surface area contributed by atoms with E-state index in [0.29, 0.717) is 12.8 Å². The maximum absolute atomic E-state index is 12.1. The lowest BCUT2D eigenvalue weighted by Crippen LogP contribution is -2.45. The second-order valence-corrected chi connectivity index (χ2v) is 6.61. The van der Waals surface area contributed by atoms with Crippen molar-refractivity contribution in [3.8, 4) is 0 Å². The van der Waals surface area contributed by atoms with E-state index in [2.05, 4.69) is 0 Å². The highest BCUT2D eigenvalue weighted by atomic mass is 32.2. The molecule has 1 N–H and O–H groups in total. The first kappa shape index (κ1) is 13.4. The van der Waals surface area contributed by atoms with Crippen LogP contribution in [0.3, 0.4) is 0 Å². The molecule has 16 heavy (non-hydrogen) atoms. The molecule has 1 rings (SSSR count). The fourth-order valence-corrected chi connectivity index (χ4v) is 3.90. The van der Waals surface area contributed by atoms with Crippen LogP contribution >= 0.6 is 0 Å². The van der Waals surface area contributed by atoms with Gasteiger partial charge >= 0.3 is 5.97 Å². The van der Waals surface area contributed by atoms with Crippen LogP contribution in [-0.4, -0.2) is 42.1 Å². The Morgan fingerprint density at radius 1 is 1.31 bits per heavy atom. The SMILES string of the molecule is CC(C(=O)O)N(C)S(=O)(=O)C1CCCCC1. The van der Waals surface area contributed by atoms with Crippen molar-refractivity contribution in [1.82, 2.24) is 4.31 Å². The van der Waals surface area contributed by atoms with Crippen LogP contribution in [-0.2, 0) is 14.8 Å². The molecule has 1 saturated carbocycles. The van der Waals surface area contributed by atoms with Gasteiger partial charge in [0.1, 0.15) is 6.04 Å². The fraction of sp³-hybridized carbons (Fsp3) is 0.900. The van der Waals surface area contributed by atoms with Crippen LogP contribution in [0.1, 0.15) is 39.0 Å². The molecule has 0 aliphatic heterocycles. The van der Waals surface area contributed by atoms with Gasteiger partial charge in [0.2, 0.25) is 10.0 Å². The van der Waals surface area contributed by atoms with Crippen molar-refractivity contribution < 1.29 is 18.3 Å². The molecule has 94 valence electrons. The van der Waals surface area contributed by atoms with Gasteiger partial charge in [-0.25, -0.2) is 8.42 Å². The third kappa shape index (κ3) is 2.74. The minimum absolute atomic E-state index is 0.395. The van der Waals surface area contributed by atoms with Gasteiger partial charge in [-0.3, -0.25) is 4.79 Å². The van der Waals surface area contributed by atoms with Gasteiger partial charge in [0.05, 0.1) is 5.25 Å². The summed E-state index contributed by atoms with van der Waals surface area (Å²) < 4.78 is 25.2. The van der Waals surface area contributed by atoms with Crippen LogP contribution in [0.15, 0.2) is 0 Å². The standard InChI is InChI=1S/C10H19NO4S/c1-8(10(12)13)11(2)16(14,15)9-6-4-3-5-7-9/h8-9H,3-7H2,1-2H3,(H,12,13). The van der Waals surface area contributed by atoms with Crippen LogP contribution in [0.2, 0.25) is 0 Å². The van der Waals surface area contributed by atoms with E-state index in [1.54, 1.807) is 0 Å². The normalized spacial score (nSPS) is 20.9. The quantitative estimate of drug-likeness (QED) is 0.808. The smallest absolute Gasteiger partial charge is 0.321 e. The predicted octanol–water partition coefficient (Wildman–Crippen LogP) is 1.05. The number of hydrogen-bond donors (Lipinski definition) is 1. The summed E-state index contributed by atoms with van der Waals surface area (Å²) in [6.45, 7) is 1.39. The minimum Gasteiger partial charge on any atom is -0.480 e. The number of sulfonamides is 1. The number of aliphatic carboxylic acids is 1. The van der Waals surface area contributed by atoms with Crippen LogP contribution in [0.5, 0.6) is 0 Å². The summed E-state index contributed by atoms with van der Waals surface area (Å²) in [5.41, 5.74) is 0. The van der Waals surface area contributed by atoms with E-state index in [1.165, 1.54) is 14.0 Å². The van der Waals surface area contributed by atoms with Gasteiger partial charge in [-0.2, -0.15) is 4.31 Å². The van der Waals surface area contributed by atoms with Crippen LogP contribution in [0.4, 0.5) is 0 Å². The van der Waals surface area contributed by atoms with Gasteiger partial charge in [0.15, 0.2) is 0 Å². The first-order chi connectivity index (χ1) is 7.37. The van der Waals surface area contributed by atoms with Gasteiger partial charge in [-0.1, -0.05) is 19.3 Å². The van der Waals surface area contributed by atoms with E-state index < -0.39 is 27.3 Å². The number of rotatable bonds is 4. The number of hydrogen-bond acceptors (Lipinski definition) is 3. The molecule has 0 aromatic carbocycles. The Balaban J connectivity index is 2.79. The van der Waals surface area contributed by atoms with Gasteiger partial charge in [0, 0.05) is 7.05 Å². The molecule has 0 amide bonds. The topological polar surface area (TPSA) is 74.7 Å². The highest BCUT2D eigenvalue weighted by molar-refractivity contribution is 7.89. The van der Waals surface area contributed by atoms with E-state index in [9.17, 15) is 13.2 Å². The Kier molecular flexibility index (Phi) is 4.32. The maximum atomic E-state index is 12.1. The molecule has 1 aliphatic carbocycles. The average Bonchev–Trinajstić information content (AvgIpc) is 2.28. The average molecular weight is 249 g/mol. The second kappa shape index (κ2) is 5.14. The van der Waals surface area contributed by atoms with Crippen molar-refractivity contribution in [2.45, 2.75) is 50.3 Å². The lowest BCUT2D eigenvalue weighted by atomic mass is 10.0. The zero-order valence-electron chi connectivity index (χ0n) is 9.72. The summed E-state index contributed by atoms with van der Waals surface area (Å²) in [7, 11) is -2.10. The Hall–Kier alpha value is -0.620. The molecular weight excluding hydrogens is 230 g/mol. The van der Waals surface area contributed by atoms with Crippen LogP contribution in [0.25, 0.3) is 0 Å². The zero-order valence-corrected chi connectivity index (χ0v) is 10.5. The summed E-state index contributed by atoms with van der Waals surface area (Å²) in [5, 5.41) is 8.41. The first-order valence-corrected chi connectivity index (χ1v) is 7.07. The molecule has 1 fully saturated rings. The molecule has 1 unspecified atom stereocenters. The molecule has 0 spiro atoms. The third-order valence-electron chi connectivity index (χ3n) is 3.28. The predicted molar refractivity (Wildman–Crippen MR) is 60.7 cm³/mol. The lowest BCUT2D eigenvalue weighted by Gasteiger charge is -2.29. The summed E-state index contributed by atoms with van der Waals surface area (Å²) in [4.78, 5) is 10.8. The molecule has 0 aromatic rings. The maximum Gasteiger partial charge on any atom is 0.321 e. The Morgan fingerprint density at radius 3 is 2.25 bits per heavy atom. The van der Waals surface area contributed by atoms with Crippen molar-refractivity contribution in [2.75, 3.05) is 7.05 Å². The van der Waals surface area contributed by atoms with Crippen LogP contribution in [0, 0.1) is 0 Å². The Labute approximate surface area is 96.5 Å². The van der Waals surface area contributed by atoms with Crippen molar-refractivity contribution in [3.05, 3.63) is 0 Å². The van der Waals surface area contributed by atoms with E-state index >= 15 is 0 Å². The van der Waals surface area contributed by atoms with Gasteiger partial charge in [-0.15, -0.1) is 0 Å². The highest BCUT2D eigenvalue weighted by Gasteiger charge is 2.35. The van der Waals surface area contributed by atoms with Gasteiger partial charge in [0.25, 0.3) is 0 Å². The molecule has 5 nitrogen and oxygen atoms in total. The van der Waals surface area contributed by atoms with Crippen molar-refractivity contribution in [3.63, 3.8) is 0 Å². The van der Waals surface area contributed by atoms with Crippen LogP contribution < -0.4 is 0 Å². The molecule has 0 bridgehead atoms. The number of likely N-dealkylation sites (N-methyl/N-ethyl adjacent to an activating group) is 1. The van der Waals surface area contributed by atoms with E-state index in [0.717, 1.165) is 23.6 Å². The summed E-state index contributed by atoms with van der Waals surface area (Å²) in [6.07, 6.45) is 4.21. The molecule has 6 heteroatoms. The second-order valence-electron chi connectivity index (χ2n) is 4.34. The summed E-state index contributed by atoms with van der Waals surface area (Å²) in [6, 6.07) is -0.994. The largest absolute Gasteiger partial charge is 0.480 e. The molecule has 0 heterocycles. The fourth-order valence-electron chi connectivity index (χ4n) is 1.97. The minimum atomic E-state index is -3.45. The van der Waals surface area contributed by atoms with Crippen molar-refractivity contribution in [1.29, 1.82) is 0 Å². The molecule has 0 aromatic heterocycles. The van der Waals surface area contributed by atoms with Crippen molar-refractivity contribution in [2.24, 2.45) is 0 Å². The molecule has 0 saturated heterocycles. The molecule has 1 aliphatic rings. The number of carboxylic acid groups (broad SMARTS) is 1. The number of carbonyl (C=O) groups is 1. The summed E-state index contributed by atoms with van der Waals surface area (Å²) >= 11 is 0. The van der Waals surface area contributed by atoms with E-state index in [-0.39, 0.29) is 0 Å². The van der Waals surface area contributed by atoms with Gasteiger partial charge in [-0.05, 0) is 19.8 Å². The van der Waals surface area contributed by atoms with E-state index in [1.807, 2.05) is 0 Å². The van der Waals surface area contributed by atoms with Gasteiger partial charge < -0.3 is 5.11 Å². The zero-order chi connectivity index (χ0) is 12.3. The highest BCUT2D eigenvalue weighted by Crippen LogP contribution is 2.26. The Bertz CT molecular complexity index is 346. The third-order valence-corrected chi connectivity index (χ3v) is 5.71. The lowest BCUT2D eigenvalue weighted by molar-refractivity contribution is -0.140. The first-order valence-electron chi connectivity index (χ1n) is 5.57. The van der Waals surface area contributed by atoms with Crippen molar-refractivity contribution >= 4 is 16.0 Å². The molecule has 1 atom stereocenters.